The summed E-state index contributed by atoms with van der Waals surface area (Å²) >= 11 is 0. The molecule has 0 aliphatic heterocycles. The van der Waals surface area contributed by atoms with E-state index in [9.17, 15) is 13.2 Å². The minimum absolute atomic E-state index is 0.0671. The van der Waals surface area contributed by atoms with Crippen molar-refractivity contribution in [1.82, 2.24) is 0 Å². The molecule has 0 aromatic carbocycles. The van der Waals surface area contributed by atoms with Gasteiger partial charge in [0.25, 0.3) is 0 Å². The monoisotopic (exact) mass is 262 g/mol. The van der Waals surface area contributed by atoms with E-state index in [-0.39, 0.29) is 10.8 Å². The highest BCUT2D eigenvalue weighted by molar-refractivity contribution is 7.80. The molecule has 2 rings (SSSR count). The summed E-state index contributed by atoms with van der Waals surface area (Å²) in [7, 11) is -3.29. The highest BCUT2D eigenvalue weighted by Crippen LogP contribution is 2.60. The average molecular weight is 262 g/mol. The van der Waals surface area contributed by atoms with Crippen molar-refractivity contribution in [3.63, 3.8) is 0 Å². The Balaban J connectivity index is 0.000000209. The summed E-state index contributed by atoms with van der Waals surface area (Å²) in [4.78, 5) is 11.5. The van der Waals surface area contributed by atoms with Crippen molar-refractivity contribution in [3.8, 4) is 0 Å². The molecule has 0 aromatic rings. The van der Waals surface area contributed by atoms with E-state index in [2.05, 4.69) is 25.0 Å². The number of carbonyl (C=O) groups is 1. The van der Waals surface area contributed by atoms with E-state index in [0.717, 1.165) is 20.0 Å². The number of rotatable bonds is 1. The molecule has 1 N–H and O–H groups in total. The van der Waals surface area contributed by atoms with Crippen LogP contribution in [0.15, 0.2) is 11.6 Å². The molecule has 1 fully saturated rings. The van der Waals surface area contributed by atoms with Crippen molar-refractivity contribution in [3.05, 3.63) is 11.6 Å². The Hall–Kier alpha value is -0.720. The van der Waals surface area contributed by atoms with Gasteiger partial charge in [0.2, 0.25) is 0 Å². The third kappa shape index (κ3) is 2.43. The lowest BCUT2D eigenvalue weighted by atomic mass is 9.70. The van der Waals surface area contributed by atoms with Crippen LogP contribution in [0.5, 0.6) is 0 Å². The molecule has 2 aliphatic carbocycles. The Labute approximate surface area is 102 Å². The lowest BCUT2D eigenvalue weighted by Crippen LogP contribution is -2.32. The van der Waals surface area contributed by atoms with Crippen molar-refractivity contribution in [2.75, 3.05) is 7.11 Å². The predicted molar refractivity (Wildman–Crippen MR) is 62.8 cm³/mol. The molecule has 0 heterocycles. The first-order valence-electron chi connectivity index (χ1n) is 5.33. The van der Waals surface area contributed by atoms with Gasteiger partial charge >= 0.3 is 10.4 Å². The fraction of sp³-hybridized carbons (Fsp3) is 0.727. The summed E-state index contributed by atoms with van der Waals surface area (Å²) in [6, 6.07) is 0. The maximum atomic E-state index is 11.5. The van der Waals surface area contributed by atoms with Gasteiger partial charge in [0, 0.05) is 5.41 Å². The molecule has 98 valence electrons. The number of allylic oxidation sites excluding steroid dienone is 2. The Morgan fingerprint density at radius 3 is 1.94 bits per heavy atom. The van der Waals surface area contributed by atoms with Crippen LogP contribution in [0.3, 0.4) is 0 Å². The molecule has 5 nitrogen and oxygen atoms in total. The summed E-state index contributed by atoms with van der Waals surface area (Å²) < 4.78 is 29.7. The fourth-order valence-corrected chi connectivity index (χ4v) is 2.37. The van der Waals surface area contributed by atoms with E-state index in [1.165, 1.54) is 5.57 Å². The van der Waals surface area contributed by atoms with E-state index in [1.807, 2.05) is 6.08 Å². The number of carbonyl (C=O) groups excluding carboxylic acids is 1. The van der Waals surface area contributed by atoms with Crippen LogP contribution in [0.1, 0.15) is 33.6 Å². The van der Waals surface area contributed by atoms with Crippen LogP contribution >= 0.6 is 0 Å². The first kappa shape index (κ1) is 14.3. The topological polar surface area (TPSA) is 80.7 Å². The number of hydrogen-bond donors (Lipinski definition) is 1. The third-order valence-electron chi connectivity index (χ3n) is 4.14. The number of hydrogen-bond acceptors (Lipinski definition) is 4. The van der Waals surface area contributed by atoms with Crippen molar-refractivity contribution < 1.29 is 21.9 Å². The molecular weight excluding hydrogens is 244 g/mol. The summed E-state index contributed by atoms with van der Waals surface area (Å²) in [5.74, 6) is 0.351. The van der Waals surface area contributed by atoms with Crippen LogP contribution in [0.25, 0.3) is 0 Å². The quantitative estimate of drug-likeness (QED) is 0.728. The van der Waals surface area contributed by atoms with E-state index < -0.39 is 10.4 Å². The zero-order valence-electron chi connectivity index (χ0n) is 10.5. The SMILES string of the molecule is CC1(C)C2=CC(=O)C1(C)CC2.COS(=O)(=O)O. The van der Waals surface area contributed by atoms with Gasteiger partial charge in [0.05, 0.1) is 7.11 Å². The van der Waals surface area contributed by atoms with Gasteiger partial charge in [-0.2, -0.15) is 8.42 Å². The number of fused-ring (bicyclic) bond motifs is 2. The molecule has 6 heteroatoms. The van der Waals surface area contributed by atoms with Gasteiger partial charge < -0.3 is 0 Å². The molecular formula is C11H18O5S. The molecule has 0 radical (unpaired) electrons. The summed E-state index contributed by atoms with van der Waals surface area (Å²) in [6.07, 6.45) is 4.06. The second-order valence-corrected chi connectivity index (χ2v) is 6.27. The highest BCUT2D eigenvalue weighted by Gasteiger charge is 2.56. The van der Waals surface area contributed by atoms with Gasteiger partial charge in [0.15, 0.2) is 5.78 Å². The van der Waals surface area contributed by atoms with E-state index in [0.29, 0.717) is 5.78 Å². The largest absolute Gasteiger partial charge is 0.397 e. The zero-order chi connectivity index (χ0) is 13.5. The van der Waals surface area contributed by atoms with Crippen LogP contribution in [0, 0.1) is 10.8 Å². The smallest absolute Gasteiger partial charge is 0.294 e. The zero-order valence-corrected chi connectivity index (χ0v) is 11.3. The molecule has 0 amide bonds. The van der Waals surface area contributed by atoms with Gasteiger partial charge in [-0.3, -0.25) is 13.5 Å². The minimum Gasteiger partial charge on any atom is -0.294 e. The summed E-state index contributed by atoms with van der Waals surface area (Å²) in [5, 5.41) is 0. The molecule has 2 bridgehead atoms. The molecule has 17 heavy (non-hydrogen) atoms. The molecule has 0 spiro atoms. The molecule has 2 aliphatic rings. The highest BCUT2D eigenvalue weighted by atomic mass is 32.3. The van der Waals surface area contributed by atoms with E-state index in [4.69, 9.17) is 4.55 Å². The fourth-order valence-electron chi connectivity index (χ4n) is 2.37. The molecule has 1 saturated carbocycles. The molecule has 1 atom stereocenters. The van der Waals surface area contributed by atoms with Crippen molar-refractivity contribution >= 4 is 16.2 Å². The lowest BCUT2D eigenvalue weighted by Gasteiger charge is -2.31. The molecule has 0 aromatic heterocycles. The normalized spacial score (nSPS) is 29.7. The van der Waals surface area contributed by atoms with Crippen molar-refractivity contribution in [2.45, 2.75) is 33.6 Å². The van der Waals surface area contributed by atoms with Crippen LogP contribution in [-0.4, -0.2) is 25.9 Å². The van der Waals surface area contributed by atoms with Crippen LogP contribution < -0.4 is 0 Å². The predicted octanol–water partition coefficient (Wildman–Crippen LogP) is 1.76. The van der Waals surface area contributed by atoms with Crippen molar-refractivity contribution in [1.29, 1.82) is 0 Å². The van der Waals surface area contributed by atoms with Crippen molar-refractivity contribution in [2.24, 2.45) is 10.8 Å². The standard InChI is InChI=1S/C10H14O.CH4O4S/c1-9(2)7-4-5-10(9,3)8(11)6-7;1-5-6(2,3)4/h6H,4-5H2,1-3H3;1H3,(H,2,3,4). The third-order valence-corrected chi connectivity index (χ3v) is 4.56. The van der Waals surface area contributed by atoms with Gasteiger partial charge in [-0.1, -0.05) is 26.3 Å². The minimum atomic E-state index is -4.16. The van der Waals surface area contributed by atoms with Gasteiger partial charge in [-0.15, -0.1) is 0 Å². The second-order valence-electron chi connectivity index (χ2n) is 5.09. The summed E-state index contributed by atoms with van der Waals surface area (Å²) in [6.45, 7) is 6.49. The Morgan fingerprint density at radius 1 is 1.35 bits per heavy atom. The molecule has 1 unspecified atom stereocenters. The Bertz CT molecular complexity index is 460. The summed E-state index contributed by atoms with van der Waals surface area (Å²) in [5.41, 5.74) is 1.44. The second kappa shape index (κ2) is 4.19. The molecule has 0 saturated heterocycles. The number of ketones is 1. The van der Waals surface area contributed by atoms with Gasteiger partial charge in [0.1, 0.15) is 0 Å². The maximum Gasteiger partial charge on any atom is 0.397 e. The maximum absolute atomic E-state index is 11.5. The average Bonchev–Trinajstić information content (AvgIpc) is 2.50. The lowest BCUT2D eigenvalue weighted by molar-refractivity contribution is -0.125. The van der Waals surface area contributed by atoms with Crippen LogP contribution in [0.2, 0.25) is 0 Å². The first-order chi connectivity index (χ1) is 7.54. The van der Waals surface area contributed by atoms with Gasteiger partial charge in [-0.05, 0) is 24.3 Å². The van der Waals surface area contributed by atoms with Gasteiger partial charge in [-0.25, -0.2) is 0 Å². The van der Waals surface area contributed by atoms with E-state index >= 15 is 0 Å². The van der Waals surface area contributed by atoms with E-state index in [1.54, 1.807) is 0 Å². The Morgan fingerprint density at radius 2 is 1.82 bits per heavy atom. The Kier molecular flexibility index (Phi) is 3.53. The van der Waals surface area contributed by atoms with Crippen LogP contribution in [-0.2, 0) is 19.4 Å². The van der Waals surface area contributed by atoms with Crippen LogP contribution in [0.4, 0.5) is 0 Å². The first-order valence-corrected chi connectivity index (χ1v) is 6.69.